The zero-order chi connectivity index (χ0) is 18.4. The summed E-state index contributed by atoms with van der Waals surface area (Å²) in [5.74, 6) is -1.24. The molecule has 0 unspecified atom stereocenters. The number of benzene rings is 3. The van der Waals surface area contributed by atoms with Crippen LogP contribution in [-0.2, 0) is 4.79 Å². The Bertz CT molecular complexity index is 960. The number of hydrogen-bond acceptors (Lipinski definition) is 3. The molecule has 0 saturated carbocycles. The predicted octanol–water partition coefficient (Wildman–Crippen LogP) is 3.84. The van der Waals surface area contributed by atoms with Gasteiger partial charge in [-0.3, -0.25) is 9.59 Å². The van der Waals surface area contributed by atoms with E-state index in [0.717, 1.165) is 16.3 Å². The molecule has 0 saturated heterocycles. The number of fused-ring (bicyclic) bond motifs is 1. The van der Waals surface area contributed by atoms with Crippen LogP contribution in [0.5, 0.6) is 0 Å². The van der Waals surface area contributed by atoms with E-state index >= 15 is 0 Å². The number of carboxylic acid groups (broad SMARTS) is 1. The number of hydrogen-bond donors (Lipinski definition) is 2. The van der Waals surface area contributed by atoms with Crippen molar-refractivity contribution in [1.82, 2.24) is 5.43 Å². The quantitative estimate of drug-likeness (QED) is 0.526. The van der Waals surface area contributed by atoms with Gasteiger partial charge in [-0.25, -0.2) is 5.43 Å². The second-order valence-corrected chi connectivity index (χ2v) is 5.79. The first kappa shape index (κ1) is 17.4. The number of carboxylic acids is 1. The van der Waals surface area contributed by atoms with Crippen LogP contribution in [0.25, 0.3) is 10.8 Å². The molecule has 3 rings (SSSR count). The van der Waals surface area contributed by atoms with Crippen LogP contribution in [0, 0.1) is 0 Å². The number of rotatable bonds is 6. The summed E-state index contributed by atoms with van der Waals surface area (Å²) in [6.45, 7) is 0. The van der Waals surface area contributed by atoms with Gasteiger partial charge in [-0.15, -0.1) is 0 Å². The van der Waals surface area contributed by atoms with E-state index in [1.165, 1.54) is 0 Å². The highest BCUT2D eigenvalue weighted by Crippen LogP contribution is 2.18. The van der Waals surface area contributed by atoms with E-state index in [-0.39, 0.29) is 18.7 Å². The van der Waals surface area contributed by atoms with Crippen LogP contribution >= 0.6 is 0 Å². The first-order valence-corrected chi connectivity index (χ1v) is 8.27. The second-order valence-electron chi connectivity index (χ2n) is 5.79. The van der Waals surface area contributed by atoms with Crippen LogP contribution in [0.1, 0.15) is 28.8 Å². The van der Waals surface area contributed by atoms with Crippen LogP contribution in [0.3, 0.4) is 0 Å². The molecule has 3 aromatic rings. The Morgan fingerprint density at radius 2 is 1.54 bits per heavy atom. The molecule has 1 amide bonds. The molecule has 130 valence electrons. The third kappa shape index (κ3) is 4.13. The van der Waals surface area contributed by atoms with E-state index in [1.54, 1.807) is 6.07 Å². The number of aliphatic carboxylic acids is 1. The maximum absolute atomic E-state index is 12.6. The fourth-order valence-corrected chi connectivity index (χ4v) is 2.72. The maximum Gasteiger partial charge on any atom is 0.303 e. The summed E-state index contributed by atoms with van der Waals surface area (Å²) >= 11 is 0. The molecule has 0 fully saturated rings. The van der Waals surface area contributed by atoms with Crippen molar-refractivity contribution in [3.63, 3.8) is 0 Å². The van der Waals surface area contributed by atoms with Gasteiger partial charge in [-0.05, 0) is 22.4 Å². The zero-order valence-corrected chi connectivity index (χ0v) is 14.1. The van der Waals surface area contributed by atoms with Gasteiger partial charge < -0.3 is 5.11 Å². The number of carbonyl (C=O) groups excluding carboxylic acids is 1. The summed E-state index contributed by atoms with van der Waals surface area (Å²) in [4.78, 5) is 23.5. The largest absolute Gasteiger partial charge is 0.481 e. The molecule has 0 radical (unpaired) electrons. The standard InChI is InChI=1S/C21H18N2O3/c24-20(25)14-13-19(16-8-2-1-3-9-16)22-23-21(26)18-12-6-10-15-7-4-5-11-17(15)18/h1-12H,13-14H2,(H,23,26)(H,24,25)/b22-19-. The molecule has 5 nitrogen and oxygen atoms in total. The number of carbonyl (C=O) groups is 2. The van der Waals surface area contributed by atoms with E-state index in [4.69, 9.17) is 5.11 Å². The monoisotopic (exact) mass is 346 g/mol. The van der Waals surface area contributed by atoms with Gasteiger partial charge in [-0.1, -0.05) is 66.7 Å². The Labute approximate surface area is 151 Å². The van der Waals surface area contributed by atoms with E-state index < -0.39 is 5.97 Å². The van der Waals surface area contributed by atoms with E-state index in [9.17, 15) is 9.59 Å². The van der Waals surface area contributed by atoms with Crippen molar-refractivity contribution in [2.75, 3.05) is 0 Å². The second kappa shape index (κ2) is 8.07. The van der Waals surface area contributed by atoms with Crippen molar-refractivity contribution < 1.29 is 14.7 Å². The van der Waals surface area contributed by atoms with Gasteiger partial charge in [0.05, 0.1) is 12.1 Å². The molecule has 5 heteroatoms. The van der Waals surface area contributed by atoms with Crippen molar-refractivity contribution >= 4 is 28.4 Å². The smallest absolute Gasteiger partial charge is 0.303 e. The van der Waals surface area contributed by atoms with Crippen molar-refractivity contribution in [1.29, 1.82) is 0 Å². The van der Waals surface area contributed by atoms with Gasteiger partial charge in [0.15, 0.2) is 0 Å². The summed E-state index contributed by atoms with van der Waals surface area (Å²) in [5, 5.41) is 15.0. The average molecular weight is 346 g/mol. The number of nitrogens with zero attached hydrogens (tertiary/aromatic N) is 1. The lowest BCUT2D eigenvalue weighted by molar-refractivity contribution is -0.136. The predicted molar refractivity (Wildman–Crippen MR) is 101 cm³/mol. The summed E-state index contributed by atoms with van der Waals surface area (Å²) in [5.41, 5.74) is 4.41. The molecule has 3 aromatic carbocycles. The van der Waals surface area contributed by atoms with Gasteiger partial charge in [0, 0.05) is 12.0 Å². The van der Waals surface area contributed by atoms with Gasteiger partial charge >= 0.3 is 5.97 Å². The Kier molecular flexibility index (Phi) is 5.39. The normalized spacial score (nSPS) is 11.3. The molecule has 0 aliphatic heterocycles. The van der Waals surface area contributed by atoms with E-state index in [0.29, 0.717) is 11.3 Å². The summed E-state index contributed by atoms with van der Waals surface area (Å²) in [7, 11) is 0. The molecule has 0 aromatic heterocycles. The average Bonchev–Trinajstić information content (AvgIpc) is 2.68. The highest BCUT2D eigenvalue weighted by molar-refractivity contribution is 6.08. The third-order valence-electron chi connectivity index (χ3n) is 4.01. The Balaban J connectivity index is 1.86. The molecule has 2 N–H and O–H groups in total. The SMILES string of the molecule is O=C(O)CC/C(=N/NC(=O)c1cccc2ccccc12)c1ccccc1. The summed E-state index contributed by atoms with van der Waals surface area (Å²) in [6, 6.07) is 22.4. The molecule has 0 aliphatic rings. The van der Waals surface area contributed by atoms with Crippen molar-refractivity contribution in [3.05, 3.63) is 83.9 Å². The Morgan fingerprint density at radius 3 is 2.31 bits per heavy atom. The van der Waals surface area contributed by atoms with Crippen LogP contribution in [-0.4, -0.2) is 22.7 Å². The maximum atomic E-state index is 12.6. The van der Waals surface area contributed by atoms with Crippen molar-refractivity contribution in [2.45, 2.75) is 12.8 Å². The molecule has 0 aliphatic carbocycles. The fourth-order valence-electron chi connectivity index (χ4n) is 2.72. The lowest BCUT2D eigenvalue weighted by atomic mass is 10.0. The Morgan fingerprint density at radius 1 is 0.846 bits per heavy atom. The Hall–Kier alpha value is -3.47. The summed E-state index contributed by atoms with van der Waals surface area (Å²) < 4.78 is 0. The highest BCUT2D eigenvalue weighted by Gasteiger charge is 2.11. The number of nitrogens with one attached hydrogen (secondary N) is 1. The van der Waals surface area contributed by atoms with Gasteiger partial charge in [0.2, 0.25) is 0 Å². The first-order chi connectivity index (χ1) is 12.6. The molecule has 0 spiro atoms. The number of amides is 1. The minimum absolute atomic E-state index is 0.0577. The molecule has 0 heterocycles. The van der Waals surface area contributed by atoms with Crippen LogP contribution in [0.2, 0.25) is 0 Å². The van der Waals surface area contributed by atoms with Gasteiger partial charge in [-0.2, -0.15) is 5.10 Å². The number of hydrazone groups is 1. The topological polar surface area (TPSA) is 78.8 Å². The third-order valence-corrected chi connectivity index (χ3v) is 4.01. The molecular formula is C21H18N2O3. The molecular weight excluding hydrogens is 328 g/mol. The lowest BCUT2D eigenvalue weighted by Crippen LogP contribution is -2.20. The van der Waals surface area contributed by atoms with E-state index in [2.05, 4.69) is 10.5 Å². The lowest BCUT2D eigenvalue weighted by Gasteiger charge is -2.08. The fraction of sp³-hybridized carbons (Fsp3) is 0.0952. The minimum Gasteiger partial charge on any atom is -0.481 e. The van der Waals surface area contributed by atoms with Crippen LogP contribution in [0.15, 0.2) is 77.9 Å². The van der Waals surface area contributed by atoms with Crippen LogP contribution < -0.4 is 5.43 Å². The molecule has 0 bridgehead atoms. The van der Waals surface area contributed by atoms with Gasteiger partial charge in [0.1, 0.15) is 0 Å². The highest BCUT2D eigenvalue weighted by atomic mass is 16.4. The molecule has 0 atom stereocenters. The zero-order valence-electron chi connectivity index (χ0n) is 14.1. The van der Waals surface area contributed by atoms with E-state index in [1.807, 2.05) is 66.7 Å². The van der Waals surface area contributed by atoms with Crippen molar-refractivity contribution in [3.8, 4) is 0 Å². The van der Waals surface area contributed by atoms with Crippen LogP contribution in [0.4, 0.5) is 0 Å². The molecule has 26 heavy (non-hydrogen) atoms. The first-order valence-electron chi connectivity index (χ1n) is 8.27. The van der Waals surface area contributed by atoms with Crippen molar-refractivity contribution in [2.24, 2.45) is 5.10 Å². The summed E-state index contributed by atoms with van der Waals surface area (Å²) in [6.07, 6.45) is 0.174. The minimum atomic E-state index is -0.908. The van der Waals surface area contributed by atoms with Gasteiger partial charge in [0.25, 0.3) is 5.91 Å².